The lowest BCUT2D eigenvalue weighted by atomic mass is 9.86. The van der Waals surface area contributed by atoms with Crippen molar-refractivity contribution in [2.75, 3.05) is 13.6 Å². The summed E-state index contributed by atoms with van der Waals surface area (Å²) in [4.78, 5) is 14.7. The molecule has 0 amide bonds. The summed E-state index contributed by atoms with van der Waals surface area (Å²) in [5.74, 6) is 1.68. The third kappa shape index (κ3) is 8.66. The van der Waals surface area contributed by atoms with E-state index in [0.29, 0.717) is 6.04 Å². The maximum Gasteiger partial charge on any atom is 0.0651 e. The second kappa shape index (κ2) is 14.1. The van der Waals surface area contributed by atoms with Crippen LogP contribution in [0.2, 0.25) is 10.0 Å². The second-order valence-electron chi connectivity index (χ2n) is 10.9. The standard InChI is InChI=1S/C21H26N4.C7H6Cl2.C5H8/c1-22-16-9-7-15(8-10-16)13-25(2)14-17-11-19-18-5-3-4-6-20(18)24-21(19)12-23-17;1-5-4-6(8)2-3-7(5)9;1-2-5-3-4-5/h3-6,11-12,15-16,24H,1,7-10,13-14H2,2H3;2-4H,1H3;2,5H,1,3-4H2. The Bertz CT molecular complexity index is 1380. The smallest absolute Gasteiger partial charge is 0.0651 e. The molecule has 0 atom stereocenters. The van der Waals surface area contributed by atoms with Crippen molar-refractivity contribution in [3.05, 3.63) is 88.7 Å². The van der Waals surface area contributed by atoms with E-state index in [1.807, 2.05) is 25.3 Å². The highest BCUT2D eigenvalue weighted by molar-refractivity contribution is 6.33. The predicted octanol–water partition coefficient (Wildman–Crippen LogP) is 9.29. The van der Waals surface area contributed by atoms with Crippen LogP contribution in [0, 0.1) is 18.8 Å². The fourth-order valence-electron chi connectivity index (χ4n) is 5.11. The Hall–Kier alpha value is -2.66. The molecule has 0 spiro atoms. The van der Waals surface area contributed by atoms with Crippen LogP contribution < -0.4 is 0 Å². The van der Waals surface area contributed by atoms with Gasteiger partial charge in [0.15, 0.2) is 0 Å². The first kappa shape index (κ1) is 29.3. The number of aromatic nitrogens is 2. The van der Waals surface area contributed by atoms with E-state index in [2.05, 4.69) is 70.5 Å². The normalized spacial score (nSPS) is 18.7. The number of fused-ring (bicyclic) bond motifs is 3. The first-order valence-electron chi connectivity index (χ1n) is 13.9. The Morgan fingerprint density at radius 1 is 1.00 bits per heavy atom. The van der Waals surface area contributed by atoms with Crippen LogP contribution in [0.5, 0.6) is 0 Å². The highest BCUT2D eigenvalue weighted by Gasteiger charge is 2.21. The van der Waals surface area contributed by atoms with Gasteiger partial charge in [-0.1, -0.05) is 47.5 Å². The monoisotopic (exact) mass is 562 g/mol. The van der Waals surface area contributed by atoms with Gasteiger partial charge in [-0.3, -0.25) is 9.98 Å². The van der Waals surface area contributed by atoms with E-state index in [0.717, 1.165) is 51.7 Å². The van der Waals surface area contributed by atoms with Crippen LogP contribution in [0.4, 0.5) is 0 Å². The number of hydrogen-bond donors (Lipinski definition) is 1. The minimum Gasteiger partial charge on any atom is -0.353 e. The zero-order chi connectivity index (χ0) is 27.8. The molecule has 4 aromatic rings. The van der Waals surface area contributed by atoms with E-state index in [1.54, 1.807) is 12.1 Å². The van der Waals surface area contributed by atoms with E-state index in [4.69, 9.17) is 23.2 Å². The summed E-state index contributed by atoms with van der Waals surface area (Å²) in [5, 5.41) is 4.04. The summed E-state index contributed by atoms with van der Waals surface area (Å²) in [6.45, 7) is 11.3. The van der Waals surface area contributed by atoms with Crippen molar-refractivity contribution in [2.45, 2.75) is 58.0 Å². The number of aromatic amines is 1. The van der Waals surface area contributed by atoms with Gasteiger partial charge in [0.25, 0.3) is 0 Å². The van der Waals surface area contributed by atoms with Crippen molar-refractivity contribution in [1.82, 2.24) is 14.9 Å². The number of allylic oxidation sites excluding steroid dienone is 1. The largest absolute Gasteiger partial charge is 0.353 e. The Morgan fingerprint density at radius 2 is 1.74 bits per heavy atom. The molecule has 4 nitrogen and oxygen atoms in total. The van der Waals surface area contributed by atoms with Crippen LogP contribution in [0.1, 0.15) is 49.8 Å². The van der Waals surface area contributed by atoms with Gasteiger partial charge in [0.1, 0.15) is 0 Å². The number of H-pyrrole nitrogens is 1. The number of halogens is 2. The number of benzene rings is 2. The van der Waals surface area contributed by atoms with Gasteiger partial charge in [0, 0.05) is 45.5 Å². The molecule has 0 radical (unpaired) electrons. The molecule has 0 saturated heterocycles. The lowest BCUT2D eigenvalue weighted by Crippen LogP contribution is -2.29. The highest BCUT2D eigenvalue weighted by Crippen LogP contribution is 2.29. The number of pyridine rings is 1. The summed E-state index contributed by atoms with van der Waals surface area (Å²) >= 11 is 11.4. The van der Waals surface area contributed by atoms with Crippen molar-refractivity contribution in [3.8, 4) is 0 Å². The lowest BCUT2D eigenvalue weighted by molar-refractivity contribution is 0.218. The van der Waals surface area contributed by atoms with E-state index in [9.17, 15) is 0 Å². The van der Waals surface area contributed by atoms with E-state index < -0.39 is 0 Å². The SMILES string of the molecule is C=CC1CC1.C=NC1CCC(CN(C)Cc2cc3c(cn2)[nH]c2ccccc23)CC1.Cc1cc(Cl)ccc1Cl. The topological polar surface area (TPSA) is 44.3 Å². The van der Waals surface area contributed by atoms with Crippen molar-refractivity contribution >= 4 is 51.7 Å². The molecule has 2 saturated carbocycles. The fourth-order valence-corrected chi connectivity index (χ4v) is 5.46. The molecule has 6 heteroatoms. The van der Waals surface area contributed by atoms with Gasteiger partial charge in [-0.05, 0) is 107 Å². The molecular weight excluding hydrogens is 523 g/mol. The van der Waals surface area contributed by atoms with E-state index in [-0.39, 0.29) is 0 Å². The summed E-state index contributed by atoms with van der Waals surface area (Å²) in [6.07, 6.45) is 11.7. The minimum absolute atomic E-state index is 0.493. The minimum atomic E-state index is 0.493. The lowest BCUT2D eigenvalue weighted by Gasteiger charge is -2.29. The zero-order valence-corrected chi connectivity index (χ0v) is 24.7. The molecule has 39 heavy (non-hydrogen) atoms. The van der Waals surface area contributed by atoms with Crippen LogP contribution in [-0.2, 0) is 6.54 Å². The molecule has 2 aliphatic carbocycles. The average molecular weight is 564 g/mol. The number of hydrogen-bond acceptors (Lipinski definition) is 3. The predicted molar refractivity (Wildman–Crippen MR) is 169 cm³/mol. The fraction of sp³-hybridized carbons (Fsp3) is 0.394. The maximum absolute atomic E-state index is 5.72. The number of para-hydroxylation sites is 1. The number of nitrogens with zero attached hydrogens (tertiary/aromatic N) is 3. The van der Waals surface area contributed by atoms with Crippen molar-refractivity contribution < 1.29 is 0 Å². The Labute approximate surface area is 243 Å². The highest BCUT2D eigenvalue weighted by atomic mass is 35.5. The van der Waals surface area contributed by atoms with Gasteiger partial charge in [-0.15, -0.1) is 6.58 Å². The number of rotatable bonds is 6. The quantitative estimate of drug-likeness (QED) is 0.188. The molecule has 0 unspecified atom stereocenters. The van der Waals surface area contributed by atoms with Crippen LogP contribution in [0.25, 0.3) is 21.8 Å². The van der Waals surface area contributed by atoms with Gasteiger partial charge in [0.2, 0.25) is 0 Å². The summed E-state index contributed by atoms with van der Waals surface area (Å²) in [5.41, 5.74) is 4.45. The number of nitrogens with one attached hydrogen (secondary N) is 1. The third-order valence-electron chi connectivity index (χ3n) is 7.60. The van der Waals surface area contributed by atoms with Gasteiger partial charge in [-0.2, -0.15) is 0 Å². The number of aryl methyl sites for hydroxylation is 1. The first-order valence-corrected chi connectivity index (χ1v) is 14.7. The van der Waals surface area contributed by atoms with Crippen LogP contribution in [0.15, 0.2) is 72.4 Å². The molecule has 2 aromatic heterocycles. The molecular formula is C33H40Cl2N4. The van der Waals surface area contributed by atoms with Gasteiger partial charge >= 0.3 is 0 Å². The Balaban J connectivity index is 0.000000206. The first-order chi connectivity index (χ1) is 18.9. The second-order valence-corrected chi connectivity index (χ2v) is 11.8. The number of aliphatic imine (C=N–C) groups is 1. The van der Waals surface area contributed by atoms with Gasteiger partial charge in [0.05, 0.1) is 17.4 Å². The van der Waals surface area contributed by atoms with Crippen LogP contribution in [0.3, 0.4) is 0 Å². The summed E-state index contributed by atoms with van der Waals surface area (Å²) < 4.78 is 0. The van der Waals surface area contributed by atoms with Crippen molar-refractivity contribution in [1.29, 1.82) is 0 Å². The molecule has 0 aliphatic heterocycles. The molecule has 1 N–H and O–H groups in total. The molecule has 2 heterocycles. The summed E-state index contributed by atoms with van der Waals surface area (Å²) in [6, 6.07) is 16.6. The molecule has 206 valence electrons. The molecule has 2 aromatic carbocycles. The van der Waals surface area contributed by atoms with E-state index in [1.165, 1.54) is 54.8 Å². The molecule has 6 rings (SSSR count). The Morgan fingerprint density at radius 3 is 2.36 bits per heavy atom. The Kier molecular flexibility index (Phi) is 10.6. The summed E-state index contributed by atoms with van der Waals surface area (Å²) in [7, 11) is 2.21. The third-order valence-corrected chi connectivity index (χ3v) is 8.26. The molecule has 2 aliphatic rings. The van der Waals surface area contributed by atoms with Crippen LogP contribution in [-0.4, -0.2) is 41.2 Å². The average Bonchev–Trinajstić information content (AvgIpc) is 3.72. The molecule has 0 bridgehead atoms. The maximum atomic E-state index is 5.72. The van der Waals surface area contributed by atoms with E-state index >= 15 is 0 Å². The van der Waals surface area contributed by atoms with Gasteiger partial charge in [-0.25, -0.2) is 0 Å². The zero-order valence-electron chi connectivity index (χ0n) is 23.2. The van der Waals surface area contributed by atoms with Gasteiger partial charge < -0.3 is 9.88 Å². The van der Waals surface area contributed by atoms with Crippen LogP contribution >= 0.6 is 23.2 Å². The molecule has 2 fully saturated rings. The van der Waals surface area contributed by atoms with Crippen molar-refractivity contribution in [3.63, 3.8) is 0 Å². The van der Waals surface area contributed by atoms with Crippen molar-refractivity contribution in [2.24, 2.45) is 16.8 Å².